The summed E-state index contributed by atoms with van der Waals surface area (Å²) >= 11 is 0. The Kier molecular flexibility index (Phi) is 4.70. The Bertz CT molecular complexity index is 563. The molecule has 106 valence electrons. The molecule has 0 aliphatic heterocycles. The van der Waals surface area contributed by atoms with E-state index in [9.17, 15) is 9.90 Å². The number of carboxylic acids is 1. The van der Waals surface area contributed by atoms with Crippen LogP contribution < -0.4 is 0 Å². The van der Waals surface area contributed by atoms with E-state index in [0.29, 0.717) is 13.0 Å². The first kappa shape index (κ1) is 14.0. The van der Waals surface area contributed by atoms with E-state index in [1.165, 1.54) is 0 Å². The van der Waals surface area contributed by atoms with Crippen molar-refractivity contribution >= 4 is 5.97 Å². The van der Waals surface area contributed by atoms with Crippen LogP contribution in [0, 0.1) is 0 Å². The summed E-state index contributed by atoms with van der Waals surface area (Å²) in [5.74, 6) is -0.521. The summed E-state index contributed by atoms with van der Waals surface area (Å²) < 4.78 is 1.74. The Balaban J connectivity index is 1.82. The molecule has 0 aliphatic rings. The van der Waals surface area contributed by atoms with Crippen molar-refractivity contribution in [1.82, 2.24) is 15.0 Å². The monoisotopic (exact) mass is 275 g/mol. The van der Waals surface area contributed by atoms with Crippen molar-refractivity contribution < 1.29 is 15.0 Å². The highest BCUT2D eigenvalue weighted by Gasteiger charge is 2.03. The number of carboxylic acid groups (broad SMARTS) is 1. The molecule has 6 nitrogen and oxygen atoms in total. The molecule has 1 aromatic carbocycles. The van der Waals surface area contributed by atoms with Gasteiger partial charge in [-0.3, -0.25) is 4.79 Å². The number of carbonyl (C=O) groups is 1. The Morgan fingerprint density at radius 3 is 2.65 bits per heavy atom. The number of hydrogen-bond donors (Lipinski definition) is 2. The third-order valence-corrected chi connectivity index (χ3v) is 2.94. The SMILES string of the molecule is O=C(O)CCCCc1cn(Cc2ccc(O)cc2)nn1. The van der Waals surface area contributed by atoms with Crippen LogP contribution in [0.15, 0.2) is 30.5 Å². The van der Waals surface area contributed by atoms with Crippen LogP contribution in [0.4, 0.5) is 0 Å². The van der Waals surface area contributed by atoms with Crippen molar-refractivity contribution in [3.05, 3.63) is 41.7 Å². The van der Waals surface area contributed by atoms with E-state index in [1.54, 1.807) is 16.8 Å². The number of phenolic OH excluding ortho intramolecular Hbond substituents is 1. The van der Waals surface area contributed by atoms with E-state index in [0.717, 1.165) is 24.1 Å². The highest BCUT2D eigenvalue weighted by Crippen LogP contribution is 2.11. The van der Waals surface area contributed by atoms with Crippen LogP contribution in [0.5, 0.6) is 5.75 Å². The molecule has 1 heterocycles. The molecule has 0 saturated heterocycles. The lowest BCUT2D eigenvalue weighted by atomic mass is 10.1. The highest BCUT2D eigenvalue weighted by molar-refractivity contribution is 5.66. The first-order chi connectivity index (χ1) is 9.63. The summed E-state index contributed by atoms with van der Waals surface area (Å²) in [6.07, 6.45) is 4.25. The van der Waals surface area contributed by atoms with E-state index in [2.05, 4.69) is 10.3 Å². The number of aromatic nitrogens is 3. The van der Waals surface area contributed by atoms with Gasteiger partial charge in [-0.1, -0.05) is 17.3 Å². The van der Waals surface area contributed by atoms with Crippen LogP contribution in [-0.4, -0.2) is 31.2 Å². The number of phenols is 1. The Hall–Kier alpha value is -2.37. The third kappa shape index (κ3) is 4.38. The number of rotatable bonds is 7. The number of benzene rings is 1. The molecule has 0 fully saturated rings. The number of unbranched alkanes of at least 4 members (excludes halogenated alkanes) is 1. The van der Waals surface area contributed by atoms with E-state index in [1.807, 2.05) is 18.3 Å². The summed E-state index contributed by atoms with van der Waals surface area (Å²) in [5, 5.41) is 25.9. The summed E-state index contributed by atoms with van der Waals surface area (Å²) in [5.41, 5.74) is 1.90. The van der Waals surface area contributed by atoms with Crippen molar-refractivity contribution in [2.24, 2.45) is 0 Å². The van der Waals surface area contributed by atoms with Crippen molar-refractivity contribution in [3.63, 3.8) is 0 Å². The van der Waals surface area contributed by atoms with E-state index >= 15 is 0 Å². The summed E-state index contributed by atoms with van der Waals surface area (Å²) in [7, 11) is 0. The number of hydrogen-bond acceptors (Lipinski definition) is 4. The Morgan fingerprint density at radius 1 is 1.20 bits per heavy atom. The molecule has 0 atom stereocenters. The van der Waals surface area contributed by atoms with Gasteiger partial charge in [-0.25, -0.2) is 4.68 Å². The maximum absolute atomic E-state index is 10.4. The highest BCUT2D eigenvalue weighted by atomic mass is 16.4. The molecule has 2 N–H and O–H groups in total. The second-order valence-corrected chi connectivity index (χ2v) is 4.67. The molecule has 20 heavy (non-hydrogen) atoms. The summed E-state index contributed by atoms with van der Waals surface area (Å²) in [4.78, 5) is 10.4. The zero-order chi connectivity index (χ0) is 14.4. The van der Waals surface area contributed by atoms with Crippen LogP contribution in [0.1, 0.15) is 30.5 Å². The average molecular weight is 275 g/mol. The van der Waals surface area contributed by atoms with Gasteiger partial charge in [0.05, 0.1) is 12.2 Å². The quantitative estimate of drug-likeness (QED) is 0.753. The lowest BCUT2D eigenvalue weighted by Crippen LogP contribution is -1.99. The average Bonchev–Trinajstić information content (AvgIpc) is 2.85. The fraction of sp³-hybridized carbons (Fsp3) is 0.357. The van der Waals surface area contributed by atoms with Gasteiger partial charge < -0.3 is 10.2 Å². The molecular weight excluding hydrogens is 258 g/mol. The van der Waals surface area contributed by atoms with E-state index in [4.69, 9.17) is 5.11 Å². The van der Waals surface area contributed by atoms with Gasteiger partial charge in [-0.05, 0) is 37.0 Å². The van der Waals surface area contributed by atoms with E-state index in [-0.39, 0.29) is 12.2 Å². The van der Waals surface area contributed by atoms with Crippen LogP contribution >= 0.6 is 0 Å². The summed E-state index contributed by atoms with van der Waals surface area (Å²) in [6.45, 7) is 0.600. The molecule has 1 aromatic heterocycles. The molecule has 2 aromatic rings. The predicted octanol–water partition coefficient (Wildman–Crippen LogP) is 1.83. The molecule has 0 radical (unpaired) electrons. The molecule has 6 heteroatoms. The van der Waals surface area contributed by atoms with Crippen LogP contribution in [0.25, 0.3) is 0 Å². The Morgan fingerprint density at radius 2 is 1.95 bits per heavy atom. The minimum absolute atomic E-state index is 0.196. The number of nitrogens with zero attached hydrogens (tertiary/aromatic N) is 3. The van der Waals surface area contributed by atoms with Crippen molar-refractivity contribution in [2.75, 3.05) is 0 Å². The third-order valence-electron chi connectivity index (χ3n) is 2.94. The first-order valence-electron chi connectivity index (χ1n) is 6.52. The standard InChI is InChI=1S/C14H17N3O3/c18-13-7-5-11(6-8-13)9-17-10-12(15-16-17)3-1-2-4-14(19)20/h5-8,10,18H,1-4,9H2,(H,19,20). The van der Waals surface area contributed by atoms with Crippen molar-refractivity contribution in [1.29, 1.82) is 0 Å². The summed E-state index contributed by atoms with van der Waals surface area (Å²) in [6, 6.07) is 6.95. The van der Waals surface area contributed by atoms with Crippen molar-refractivity contribution in [2.45, 2.75) is 32.2 Å². The number of aryl methyl sites for hydroxylation is 1. The fourth-order valence-corrected chi connectivity index (χ4v) is 1.90. The molecule has 0 aliphatic carbocycles. The number of aromatic hydroxyl groups is 1. The Labute approximate surface area is 116 Å². The maximum atomic E-state index is 10.4. The molecule has 0 spiro atoms. The van der Waals surface area contributed by atoms with Gasteiger partial charge in [0.2, 0.25) is 0 Å². The smallest absolute Gasteiger partial charge is 0.303 e. The van der Waals surface area contributed by atoms with Gasteiger partial charge >= 0.3 is 5.97 Å². The maximum Gasteiger partial charge on any atom is 0.303 e. The predicted molar refractivity (Wildman–Crippen MR) is 72.4 cm³/mol. The second kappa shape index (κ2) is 6.70. The van der Waals surface area contributed by atoms with Crippen LogP contribution in [-0.2, 0) is 17.8 Å². The minimum atomic E-state index is -0.763. The lowest BCUT2D eigenvalue weighted by molar-refractivity contribution is -0.137. The normalized spacial score (nSPS) is 10.6. The minimum Gasteiger partial charge on any atom is -0.508 e. The molecule has 0 saturated carbocycles. The second-order valence-electron chi connectivity index (χ2n) is 4.67. The van der Waals surface area contributed by atoms with Crippen LogP contribution in [0.2, 0.25) is 0 Å². The van der Waals surface area contributed by atoms with Gasteiger partial charge in [-0.2, -0.15) is 0 Å². The molecule has 0 unspecified atom stereocenters. The molecular formula is C14H17N3O3. The zero-order valence-electron chi connectivity index (χ0n) is 11.1. The van der Waals surface area contributed by atoms with Crippen molar-refractivity contribution in [3.8, 4) is 5.75 Å². The topological polar surface area (TPSA) is 88.2 Å². The fourth-order valence-electron chi connectivity index (χ4n) is 1.90. The zero-order valence-corrected chi connectivity index (χ0v) is 11.1. The van der Waals surface area contributed by atoms with Gasteiger partial charge in [-0.15, -0.1) is 5.10 Å². The van der Waals surface area contributed by atoms with Gasteiger partial charge in [0.15, 0.2) is 0 Å². The number of aliphatic carboxylic acids is 1. The first-order valence-corrected chi connectivity index (χ1v) is 6.52. The molecule has 0 amide bonds. The largest absolute Gasteiger partial charge is 0.508 e. The molecule has 2 rings (SSSR count). The van der Waals surface area contributed by atoms with Gasteiger partial charge in [0.25, 0.3) is 0 Å². The van der Waals surface area contributed by atoms with Gasteiger partial charge in [0, 0.05) is 12.6 Å². The van der Waals surface area contributed by atoms with Crippen LogP contribution in [0.3, 0.4) is 0 Å². The van der Waals surface area contributed by atoms with Gasteiger partial charge in [0.1, 0.15) is 5.75 Å². The lowest BCUT2D eigenvalue weighted by Gasteiger charge is -2.00. The van der Waals surface area contributed by atoms with E-state index < -0.39 is 5.97 Å². The molecule has 0 bridgehead atoms.